The fourth-order valence-corrected chi connectivity index (χ4v) is 3.12. The molecule has 0 aliphatic carbocycles. The van der Waals surface area contributed by atoms with Crippen LogP contribution in [0.4, 0.5) is 0 Å². The molecule has 0 radical (unpaired) electrons. The number of benzene rings is 2. The van der Waals surface area contributed by atoms with Gasteiger partial charge in [-0.1, -0.05) is 42.8 Å². The molecule has 7 heteroatoms. The lowest BCUT2D eigenvalue weighted by atomic mass is 10.2. The van der Waals surface area contributed by atoms with E-state index in [2.05, 4.69) is 5.32 Å². The predicted octanol–water partition coefficient (Wildman–Crippen LogP) is 2.94. The number of esters is 1. The summed E-state index contributed by atoms with van der Waals surface area (Å²) in [6.07, 6.45) is 0. The highest BCUT2D eigenvalue weighted by Crippen LogP contribution is 2.15. The standard InChI is InChI=1S/C18H18ClNO4S/c1-2-25(23)16-6-4-3-5-15(16)18(22)24-12-17(21)20-11-13-7-9-14(19)10-8-13/h3-10H,2,11-12H2,1H3,(H,20,21). The van der Waals surface area contributed by atoms with E-state index in [-0.39, 0.29) is 5.56 Å². The number of hydrogen-bond acceptors (Lipinski definition) is 4. The van der Waals surface area contributed by atoms with E-state index >= 15 is 0 Å². The average Bonchev–Trinajstić information content (AvgIpc) is 2.65. The highest BCUT2D eigenvalue weighted by molar-refractivity contribution is 7.85. The maximum atomic E-state index is 12.2. The zero-order valence-electron chi connectivity index (χ0n) is 13.7. The van der Waals surface area contributed by atoms with Crippen LogP contribution < -0.4 is 5.32 Å². The van der Waals surface area contributed by atoms with Gasteiger partial charge in [0.05, 0.1) is 21.3 Å². The number of hydrogen-bond donors (Lipinski definition) is 1. The Morgan fingerprint density at radius 1 is 1.12 bits per heavy atom. The van der Waals surface area contributed by atoms with E-state index in [0.29, 0.717) is 22.2 Å². The molecule has 0 saturated carbocycles. The summed E-state index contributed by atoms with van der Waals surface area (Å²) in [5.41, 5.74) is 1.10. The summed E-state index contributed by atoms with van der Waals surface area (Å²) in [5.74, 6) is -0.692. The summed E-state index contributed by atoms with van der Waals surface area (Å²) in [5, 5.41) is 3.27. The molecule has 0 spiro atoms. The molecule has 1 unspecified atom stereocenters. The second-order valence-electron chi connectivity index (χ2n) is 5.11. The quantitative estimate of drug-likeness (QED) is 0.751. The molecule has 1 amide bonds. The Balaban J connectivity index is 1.88. The molecule has 2 aromatic carbocycles. The summed E-state index contributed by atoms with van der Waals surface area (Å²) in [6, 6.07) is 13.6. The second kappa shape index (κ2) is 9.34. The van der Waals surface area contributed by atoms with E-state index in [1.54, 1.807) is 49.4 Å². The van der Waals surface area contributed by atoms with Gasteiger partial charge in [0.2, 0.25) is 0 Å². The lowest BCUT2D eigenvalue weighted by molar-refractivity contribution is -0.124. The van der Waals surface area contributed by atoms with Crippen molar-refractivity contribution >= 4 is 34.3 Å². The van der Waals surface area contributed by atoms with Crippen LogP contribution in [-0.4, -0.2) is 28.4 Å². The Morgan fingerprint density at radius 3 is 2.48 bits per heavy atom. The minimum absolute atomic E-state index is 0.216. The number of nitrogens with one attached hydrogen (secondary N) is 1. The molecular formula is C18H18ClNO4S. The van der Waals surface area contributed by atoms with Crippen LogP contribution in [0.5, 0.6) is 0 Å². The van der Waals surface area contributed by atoms with Crippen LogP contribution in [0.3, 0.4) is 0 Å². The summed E-state index contributed by atoms with van der Waals surface area (Å²) in [4.78, 5) is 24.4. The summed E-state index contributed by atoms with van der Waals surface area (Å²) in [7, 11) is -1.28. The first-order chi connectivity index (χ1) is 12.0. The van der Waals surface area contributed by atoms with Gasteiger partial charge in [-0.2, -0.15) is 0 Å². The minimum Gasteiger partial charge on any atom is -0.452 e. The first kappa shape index (κ1) is 19.1. The van der Waals surface area contributed by atoms with Gasteiger partial charge >= 0.3 is 5.97 Å². The van der Waals surface area contributed by atoms with E-state index in [1.807, 2.05) is 0 Å². The van der Waals surface area contributed by atoms with Gasteiger partial charge in [-0.15, -0.1) is 0 Å². The minimum atomic E-state index is -1.28. The molecule has 1 atom stereocenters. The van der Waals surface area contributed by atoms with E-state index < -0.39 is 29.3 Å². The highest BCUT2D eigenvalue weighted by Gasteiger charge is 2.17. The Bertz CT molecular complexity index is 777. The molecule has 0 heterocycles. The Hall–Kier alpha value is -2.18. The monoisotopic (exact) mass is 379 g/mol. The number of carbonyl (C=O) groups excluding carboxylic acids is 2. The molecule has 0 aromatic heterocycles. The molecule has 2 aromatic rings. The molecule has 5 nitrogen and oxygen atoms in total. The van der Waals surface area contributed by atoms with Crippen molar-refractivity contribution in [1.82, 2.24) is 5.32 Å². The summed E-state index contributed by atoms with van der Waals surface area (Å²) >= 11 is 5.80. The lowest BCUT2D eigenvalue weighted by Crippen LogP contribution is -2.28. The van der Waals surface area contributed by atoms with Crippen molar-refractivity contribution in [3.63, 3.8) is 0 Å². The van der Waals surface area contributed by atoms with Crippen molar-refractivity contribution in [1.29, 1.82) is 0 Å². The van der Waals surface area contributed by atoms with Crippen molar-refractivity contribution < 1.29 is 18.5 Å². The van der Waals surface area contributed by atoms with Crippen molar-refractivity contribution in [2.75, 3.05) is 12.4 Å². The van der Waals surface area contributed by atoms with Crippen LogP contribution in [0, 0.1) is 0 Å². The zero-order valence-corrected chi connectivity index (χ0v) is 15.2. The molecule has 132 valence electrons. The first-order valence-corrected chi connectivity index (χ1v) is 9.36. The highest BCUT2D eigenvalue weighted by atomic mass is 35.5. The van der Waals surface area contributed by atoms with Crippen LogP contribution in [-0.2, 0) is 26.9 Å². The SMILES string of the molecule is CCS(=O)c1ccccc1C(=O)OCC(=O)NCc1ccc(Cl)cc1. The molecule has 0 aliphatic heterocycles. The molecule has 0 fully saturated rings. The van der Waals surface area contributed by atoms with Crippen molar-refractivity contribution in [2.45, 2.75) is 18.4 Å². The molecule has 0 bridgehead atoms. The number of halogens is 1. The number of rotatable bonds is 7. The van der Waals surface area contributed by atoms with Gasteiger partial charge in [0.15, 0.2) is 6.61 Å². The lowest BCUT2D eigenvalue weighted by Gasteiger charge is -2.09. The zero-order chi connectivity index (χ0) is 18.2. The maximum Gasteiger partial charge on any atom is 0.339 e. The average molecular weight is 380 g/mol. The summed E-state index contributed by atoms with van der Waals surface area (Å²) in [6.45, 7) is 1.67. The Labute approximate surface area is 153 Å². The van der Waals surface area contributed by atoms with Gasteiger partial charge in [-0.3, -0.25) is 9.00 Å². The van der Waals surface area contributed by atoms with Crippen LogP contribution >= 0.6 is 11.6 Å². The van der Waals surface area contributed by atoms with Crippen molar-refractivity contribution in [2.24, 2.45) is 0 Å². The van der Waals surface area contributed by atoms with Crippen LogP contribution in [0.25, 0.3) is 0 Å². The van der Waals surface area contributed by atoms with E-state index in [4.69, 9.17) is 16.3 Å². The van der Waals surface area contributed by atoms with Gasteiger partial charge in [0, 0.05) is 17.3 Å². The van der Waals surface area contributed by atoms with Gasteiger partial charge in [-0.25, -0.2) is 4.79 Å². The summed E-state index contributed by atoms with van der Waals surface area (Å²) < 4.78 is 17.0. The van der Waals surface area contributed by atoms with Gasteiger partial charge in [-0.05, 0) is 29.8 Å². The Kier molecular flexibility index (Phi) is 7.16. The largest absolute Gasteiger partial charge is 0.452 e. The van der Waals surface area contributed by atoms with E-state index in [1.165, 1.54) is 6.07 Å². The number of carbonyl (C=O) groups is 2. The maximum absolute atomic E-state index is 12.2. The number of ether oxygens (including phenoxy) is 1. The third kappa shape index (κ3) is 5.69. The van der Waals surface area contributed by atoms with Crippen LogP contribution in [0.15, 0.2) is 53.4 Å². The predicted molar refractivity (Wildman–Crippen MR) is 97.0 cm³/mol. The fourth-order valence-electron chi connectivity index (χ4n) is 2.05. The molecule has 2 rings (SSSR count). The van der Waals surface area contributed by atoms with Gasteiger partial charge in [0.25, 0.3) is 5.91 Å². The normalized spacial score (nSPS) is 11.6. The number of amides is 1. The van der Waals surface area contributed by atoms with Gasteiger partial charge < -0.3 is 10.1 Å². The molecule has 0 saturated heterocycles. The second-order valence-corrected chi connectivity index (χ2v) is 7.25. The van der Waals surface area contributed by atoms with Crippen molar-refractivity contribution in [3.8, 4) is 0 Å². The molecular weight excluding hydrogens is 362 g/mol. The third-order valence-corrected chi connectivity index (χ3v) is 4.97. The van der Waals surface area contributed by atoms with Crippen LogP contribution in [0.2, 0.25) is 5.02 Å². The van der Waals surface area contributed by atoms with Crippen molar-refractivity contribution in [3.05, 3.63) is 64.7 Å². The first-order valence-electron chi connectivity index (χ1n) is 7.67. The van der Waals surface area contributed by atoms with E-state index in [0.717, 1.165) is 5.56 Å². The Morgan fingerprint density at radius 2 is 1.80 bits per heavy atom. The molecule has 0 aliphatic rings. The topological polar surface area (TPSA) is 72.5 Å². The van der Waals surface area contributed by atoms with Crippen LogP contribution in [0.1, 0.15) is 22.8 Å². The fraction of sp³-hybridized carbons (Fsp3) is 0.222. The van der Waals surface area contributed by atoms with E-state index in [9.17, 15) is 13.8 Å². The molecule has 1 N–H and O–H groups in total. The smallest absolute Gasteiger partial charge is 0.339 e. The molecule has 25 heavy (non-hydrogen) atoms. The third-order valence-electron chi connectivity index (χ3n) is 3.35. The van der Waals surface area contributed by atoms with Gasteiger partial charge in [0.1, 0.15) is 0 Å².